The van der Waals surface area contributed by atoms with Crippen LogP contribution in [0.2, 0.25) is 10.0 Å². The van der Waals surface area contributed by atoms with Crippen LogP contribution in [0, 0.1) is 0 Å². The summed E-state index contributed by atoms with van der Waals surface area (Å²) in [5, 5.41) is 6.84. The summed E-state index contributed by atoms with van der Waals surface area (Å²) >= 11 is 13.6. The molecule has 1 aliphatic rings. The molecule has 0 bridgehead atoms. The molecule has 0 unspecified atom stereocenters. The maximum absolute atomic E-state index is 6.01. The van der Waals surface area contributed by atoms with Gasteiger partial charge in [0.2, 0.25) is 0 Å². The average Bonchev–Trinajstić information content (AvgIpc) is 2.70. The molecule has 1 aromatic carbocycles. The van der Waals surface area contributed by atoms with E-state index in [-0.39, 0.29) is 0 Å². The van der Waals surface area contributed by atoms with E-state index in [1.54, 1.807) is 11.3 Å². The molecule has 0 saturated carbocycles. The number of halogens is 2. The molecular formula is C15H14Cl2N2S. The predicted molar refractivity (Wildman–Crippen MR) is 88.9 cm³/mol. The van der Waals surface area contributed by atoms with Crippen LogP contribution < -0.4 is 5.32 Å². The third kappa shape index (κ3) is 3.17. The van der Waals surface area contributed by atoms with E-state index in [1.165, 1.54) is 23.5 Å². The Balaban J connectivity index is 1.80. The number of anilines is 1. The average molecular weight is 325 g/mol. The van der Waals surface area contributed by atoms with E-state index >= 15 is 0 Å². The zero-order valence-electron chi connectivity index (χ0n) is 10.8. The van der Waals surface area contributed by atoms with Crippen molar-refractivity contribution >= 4 is 51.7 Å². The molecule has 104 valence electrons. The molecule has 1 aromatic heterocycles. The largest absolute Gasteiger partial charge is 0.375 e. The van der Waals surface area contributed by atoms with Gasteiger partial charge in [0.05, 0.1) is 15.7 Å². The number of fused-ring (bicyclic) bond motifs is 1. The van der Waals surface area contributed by atoms with E-state index in [9.17, 15) is 0 Å². The van der Waals surface area contributed by atoms with Gasteiger partial charge >= 0.3 is 0 Å². The van der Waals surface area contributed by atoms with E-state index in [0.717, 1.165) is 23.5 Å². The molecule has 2 aromatic rings. The van der Waals surface area contributed by atoms with E-state index in [1.807, 2.05) is 30.4 Å². The fourth-order valence-electron chi connectivity index (χ4n) is 2.15. The molecule has 2 nitrogen and oxygen atoms in total. The number of aryl methyl sites for hydroxylation is 1. The fraction of sp³-hybridized carbons (Fsp3) is 0.267. The third-order valence-corrected chi connectivity index (χ3v) is 4.96. The Bertz CT molecular complexity index is 626. The van der Waals surface area contributed by atoms with E-state index < -0.39 is 0 Å². The summed E-state index contributed by atoms with van der Waals surface area (Å²) in [7, 11) is 0. The molecule has 0 aliphatic carbocycles. The SMILES string of the molecule is Clc1ccc(C=Cc2nc3c(s2)NCCCC3)cc1Cl. The number of benzene rings is 1. The first-order chi connectivity index (χ1) is 9.72. The molecule has 0 fully saturated rings. The highest BCUT2D eigenvalue weighted by molar-refractivity contribution is 7.16. The molecule has 0 atom stereocenters. The van der Waals surface area contributed by atoms with Gasteiger partial charge in [-0.15, -0.1) is 0 Å². The first-order valence-electron chi connectivity index (χ1n) is 6.59. The summed E-state index contributed by atoms with van der Waals surface area (Å²) in [6, 6.07) is 5.61. The van der Waals surface area contributed by atoms with Gasteiger partial charge < -0.3 is 5.32 Å². The molecule has 1 aliphatic heterocycles. The minimum absolute atomic E-state index is 0.574. The van der Waals surface area contributed by atoms with Crippen molar-refractivity contribution in [2.75, 3.05) is 11.9 Å². The van der Waals surface area contributed by atoms with Crippen LogP contribution in [0.15, 0.2) is 18.2 Å². The second-order valence-corrected chi connectivity index (χ2v) is 6.56. The van der Waals surface area contributed by atoms with Crippen LogP contribution in [0.4, 0.5) is 5.00 Å². The second kappa shape index (κ2) is 6.17. The Morgan fingerprint density at radius 3 is 2.90 bits per heavy atom. The van der Waals surface area contributed by atoms with Crippen molar-refractivity contribution in [1.29, 1.82) is 0 Å². The molecule has 0 amide bonds. The second-order valence-electron chi connectivity index (χ2n) is 4.72. The van der Waals surface area contributed by atoms with Crippen molar-refractivity contribution in [3.05, 3.63) is 44.5 Å². The van der Waals surface area contributed by atoms with Crippen LogP contribution in [-0.2, 0) is 6.42 Å². The van der Waals surface area contributed by atoms with Crippen LogP contribution in [0.3, 0.4) is 0 Å². The van der Waals surface area contributed by atoms with Crippen molar-refractivity contribution in [1.82, 2.24) is 4.98 Å². The van der Waals surface area contributed by atoms with Gasteiger partial charge in [-0.25, -0.2) is 4.98 Å². The number of aromatic nitrogens is 1. The number of nitrogens with zero attached hydrogens (tertiary/aromatic N) is 1. The fourth-order valence-corrected chi connectivity index (χ4v) is 3.40. The first kappa shape index (κ1) is 13.9. The Morgan fingerprint density at radius 1 is 1.15 bits per heavy atom. The van der Waals surface area contributed by atoms with Gasteiger partial charge in [-0.2, -0.15) is 0 Å². The van der Waals surface area contributed by atoms with Crippen LogP contribution >= 0.6 is 34.5 Å². The number of hydrogen-bond acceptors (Lipinski definition) is 3. The van der Waals surface area contributed by atoms with Gasteiger partial charge in [0.15, 0.2) is 0 Å². The Labute approximate surface area is 132 Å². The molecule has 5 heteroatoms. The van der Waals surface area contributed by atoms with Gasteiger partial charge in [0.1, 0.15) is 10.0 Å². The van der Waals surface area contributed by atoms with Crippen LogP contribution in [0.5, 0.6) is 0 Å². The van der Waals surface area contributed by atoms with Gasteiger partial charge in [0, 0.05) is 6.54 Å². The van der Waals surface area contributed by atoms with Gasteiger partial charge in [-0.3, -0.25) is 0 Å². The van der Waals surface area contributed by atoms with E-state index in [4.69, 9.17) is 23.2 Å². The van der Waals surface area contributed by atoms with Crippen LogP contribution in [0.25, 0.3) is 12.2 Å². The van der Waals surface area contributed by atoms with Crippen molar-refractivity contribution < 1.29 is 0 Å². The number of nitrogens with one attached hydrogen (secondary N) is 1. The number of hydrogen-bond donors (Lipinski definition) is 1. The Morgan fingerprint density at radius 2 is 2.05 bits per heavy atom. The molecule has 0 saturated heterocycles. The Hall–Kier alpha value is -1.03. The lowest BCUT2D eigenvalue weighted by molar-refractivity contribution is 0.774. The normalized spacial score (nSPS) is 14.9. The minimum atomic E-state index is 0.574. The topological polar surface area (TPSA) is 24.9 Å². The maximum Gasteiger partial charge on any atom is 0.118 e. The quantitative estimate of drug-likeness (QED) is 0.803. The lowest BCUT2D eigenvalue weighted by Gasteiger charge is -1.97. The zero-order valence-corrected chi connectivity index (χ0v) is 13.2. The van der Waals surface area contributed by atoms with Crippen molar-refractivity contribution in [3.8, 4) is 0 Å². The summed E-state index contributed by atoms with van der Waals surface area (Å²) in [4.78, 5) is 4.68. The lowest BCUT2D eigenvalue weighted by Crippen LogP contribution is -1.96. The standard InChI is InChI=1S/C15H14Cl2N2S/c16-11-6-4-10(9-12(11)17)5-7-14-19-13-3-1-2-8-18-15(13)20-14/h4-7,9,18H,1-3,8H2. The van der Waals surface area contributed by atoms with Crippen molar-refractivity contribution in [3.63, 3.8) is 0 Å². The van der Waals surface area contributed by atoms with Crippen molar-refractivity contribution in [2.24, 2.45) is 0 Å². The number of rotatable bonds is 2. The van der Waals surface area contributed by atoms with E-state index in [0.29, 0.717) is 10.0 Å². The van der Waals surface area contributed by atoms with Gasteiger partial charge in [-0.1, -0.05) is 46.7 Å². The van der Waals surface area contributed by atoms with Gasteiger partial charge in [-0.05, 0) is 43.0 Å². The zero-order chi connectivity index (χ0) is 13.9. The van der Waals surface area contributed by atoms with E-state index in [2.05, 4.69) is 10.3 Å². The summed E-state index contributed by atoms with van der Waals surface area (Å²) in [5.74, 6) is 0. The molecule has 0 radical (unpaired) electrons. The Kier molecular flexibility index (Phi) is 4.29. The lowest BCUT2D eigenvalue weighted by atomic mass is 10.2. The summed E-state index contributed by atoms with van der Waals surface area (Å²) in [5.41, 5.74) is 2.22. The monoisotopic (exact) mass is 324 g/mol. The van der Waals surface area contributed by atoms with Gasteiger partial charge in [0.25, 0.3) is 0 Å². The molecule has 0 spiro atoms. The summed E-state index contributed by atoms with van der Waals surface area (Å²) in [6.45, 7) is 1.05. The van der Waals surface area contributed by atoms with Crippen LogP contribution in [-0.4, -0.2) is 11.5 Å². The summed E-state index contributed by atoms with van der Waals surface area (Å²) in [6.07, 6.45) is 7.54. The highest BCUT2D eigenvalue weighted by Crippen LogP contribution is 2.29. The maximum atomic E-state index is 6.01. The molecule has 2 heterocycles. The molecule has 1 N–H and O–H groups in total. The smallest absolute Gasteiger partial charge is 0.118 e. The predicted octanol–water partition coefficient (Wildman–Crippen LogP) is 5.37. The molecule has 20 heavy (non-hydrogen) atoms. The molecule has 3 rings (SSSR count). The van der Waals surface area contributed by atoms with Crippen molar-refractivity contribution in [2.45, 2.75) is 19.3 Å². The third-order valence-electron chi connectivity index (χ3n) is 3.20. The summed E-state index contributed by atoms with van der Waals surface area (Å²) < 4.78 is 0. The number of thiazole rings is 1. The van der Waals surface area contributed by atoms with Crippen LogP contribution in [0.1, 0.15) is 29.1 Å². The molecular weight excluding hydrogens is 311 g/mol. The minimum Gasteiger partial charge on any atom is -0.375 e. The first-order valence-corrected chi connectivity index (χ1v) is 8.16. The highest BCUT2D eigenvalue weighted by atomic mass is 35.5. The highest BCUT2D eigenvalue weighted by Gasteiger charge is 2.12.